The second-order valence-corrected chi connectivity index (χ2v) is 9.19. The Labute approximate surface area is 211 Å². The lowest BCUT2D eigenvalue weighted by atomic mass is 9.95. The maximum atomic E-state index is 13.3. The van der Waals surface area contributed by atoms with Crippen LogP contribution in [0.4, 0.5) is 5.69 Å². The molecule has 1 unspecified atom stereocenters. The molecule has 0 bridgehead atoms. The van der Waals surface area contributed by atoms with Gasteiger partial charge in [-0.25, -0.2) is 0 Å². The van der Waals surface area contributed by atoms with Crippen molar-refractivity contribution in [3.63, 3.8) is 0 Å². The normalized spacial score (nSPS) is 17.0. The number of Topliss-reactive ketones (excluding diaryl/α,β-unsaturated/α-hetero) is 1. The molecule has 0 aromatic heterocycles. The molecule has 1 heterocycles. The summed E-state index contributed by atoms with van der Waals surface area (Å²) in [6, 6.07) is 20.8. The van der Waals surface area contributed by atoms with E-state index in [9.17, 15) is 14.7 Å². The molecule has 6 nitrogen and oxygen atoms in total. The van der Waals surface area contributed by atoms with E-state index in [2.05, 4.69) is 20.8 Å². The van der Waals surface area contributed by atoms with Crippen molar-refractivity contribution in [2.75, 3.05) is 18.6 Å². The molecular weight excluding hydrogens is 454 g/mol. The summed E-state index contributed by atoms with van der Waals surface area (Å²) < 4.78 is 11.1. The molecule has 1 atom stereocenters. The number of hydrogen-bond donors (Lipinski definition) is 1. The Hall–Kier alpha value is -4.06. The van der Waals surface area contributed by atoms with Crippen molar-refractivity contribution in [3.8, 4) is 11.5 Å². The van der Waals surface area contributed by atoms with Crippen molar-refractivity contribution < 1.29 is 24.2 Å². The Morgan fingerprint density at radius 1 is 0.972 bits per heavy atom. The average Bonchev–Trinajstić information content (AvgIpc) is 3.17. The van der Waals surface area contributed by atoms with E-state index in [0.29, 0.717) is 40.8 Å². The topological polar surface area (TPSA) is 76.1 Å². The third-order valence-corrected chi connectivity index (χ3v) is 6.19. The van der Waals surface area contributed by atoms with Crippen LogP contribution in [0.25, 0.3) is 5.76 Å². The number of carbonyl (C=O) groups is 2. The van der Waals surface area contributed by atoms with E-state index in [1.54, 1.807) is 49.6 Å². The van der Waals surface area contributed by atoms with Crippen LogP contribution in [0.2, 0.25) is 0 Å². The van der Waals surface area contributed by atoms with Crippen molar-refractivity contribution >= 4 is 23.1 Å². The predicted octanol–water partition coefficient (Wildman–Crippen LogP) is 5.92. The van der Waals surface area contributed by atoms with Crippen molar-refractivity contribution in [1.82, 2.24) is 0 Å². The van der Waals surface area contributed by atoms with Gasteiger partial charge in [-0.05, 0) is 72.0 Å². The summed E-state index contributed by atoms with van der Waals surface area (Å²) in [7, 11) is 1.56. The van der Waals surface area contributed by atoms with Crippen LogP contribution in [-0.4, -0.2) is 30.5 Å². The van der Waals surface area contributed by atoms with Crippen LogP contribution in [0.3, 0.4) is 0 Å². The van der Waals surface area contributed by atoms with Crippen molar-refractivity contribution in [1.29, 1.82) is 0 Å². The lowest BCUT2D eigenvalue weighted by molar-refractivity contribution is -0.132. The molecule has 3 aromatic carbocycles. The van der Waals surface area contributed by atoms with Crippen molar-refractivity contribution in [2.24, 2.45) is 5.92 Å². The first-order valence-corrected chi connectivity index (χ1v) is 12.1. The maximum absolute atomic E-state index is 13.3. The molecule has 0 aliphatic carbocycles. The molecule has 1 N–H and O–H groups in total. The number of nitrogens with zero attached hydrogens (tertiary/aromatic N) is 1. The Morgan fingerprint density at radius 2 is 1.67 bits per heavy atom. The number of ketones is 1. The van der Waals surface area contributed by atoms with Gasteiger partial charge in [0.05, 0.1) is 25.3 Å². The third-order valence-electron chi connectivity index (χ3n) is 6.19. The van der Waals surface area contributed by atoms with E-state index in [0.717, 1.165) is 12.0 Å². The van der Waals surface area contributed by atoms with Gasteiger partial charge in [-0.2, -0.15) is 0 Å². The largest absolute Gasteiger partial charge is 0.507 e. The van der Waals surface area contributed by atoms with Gasteiger partial charge >= 0.3 is 0 Å². The van der Waals surface area contributed by atoms with Gasteiger partial charge in [0, 0.05) is 11.3 Å². The highest BCUT2D eigenvalue weighted by Crippen LogP contribution is 2.43. The number of amides is 1. The molecule has 1 fully saturated rings. The van der Waals surface area contributed by atoms with E-state index < -0.39 is 17.7 Å². The van der Waals surface area contributed by atoms with E-state index in [-0.39, 0.29) is 11.3 Å². The van der Waals surface area contributed by atoms with E-state index in [4.69, 9.17) is 9.47 Å². The minimum atomic E-state index is -0.815. The number of methoxy groups -OCH3 is 1. The number of rotatable bonds is 8. The molecule has 1 amide bonds. The highest BCUT2D eigenvalue weighted by molar-refractivity contribution is 6.51. The molecule has 6 heteroatoms. The SMILES string of the molecule is CCc1ccc(N2C(=O)C(=O)/C(=C(\O)c3ccc(OCC(C)C)cc3)C2c2cccc(OC)c2)cc1. The second kappa shape index (κ2) is 10.7. The molecule has 1 saturated heterocycles. The average molecular weight is 486 g/mol. The number of carbonyl (C=O) groups excluding carboxylic acids is 2. The first-order chi connectivity index (χ1) is 17.3. The maximum Gasteiger partial charge on any atom is 0.300 e. The van der Waals surface area contributed by atoms with Gasteiger partial charge in [-0.15, -0.1) is 0 Å². The van der Waals surface area contributed by atoms with E-state index in [1.807, 2.05) is 30.3 Å². The summed E-state index contributed by atoms with van der Waals surface area (Å²) in [6.07, 6.45) is 0.856. The molecule has 3 aromatic rings. The van der Waals surface area contributed by atoms with Gasteiger partial charge in [0.2, 0.25) is 0 Å². The van der Waals surface area contributed by atoms with Crippen LogP contribution in [0.15, 0.2) is 78.4 Å². The van der Waals surface area contributed by atoms with E-state index >= 15 is 0 Å². The van der Waals surface area contributed by atoms with Crippen molar-refractivity contribution in [3.05, 3.63) is 95.1 Å². The molecule has 0 saturated carbocycles. The molecule has 0 radical (unpaired) electrons. The molecule has 1 aliphatic rings. The van der Waals surface area contributed by atoms with Crippen LogP contribution >= 0.6 is 0 Å². The number of benzene rings is 3. The van der Waals surface area contributed by atoms with Crippen LogP contribution in [0.5, 0.6) is 11.5 Å². The van der Waals surface area contributed by atoms with Gasteiger partial charge in [0.25, 0.3) is 11.7 Å². The molecule has 4 rings (SSSR count). The molecule has 186 valence electrons. The number of aliphatic hydroxyl groups excluding tert-OH is 1. The fourth-order valence-electron chi connectivity index (χ4n) is 4.25. The second-order valence-electron chi connectivity index (χ2n) is 9.19. The monoisotopic (exact) mass is 485 g/mol. The fraction of sp³-hybridized carbons (Fsp3) is 0.267. The minimum absolute atomic E-state index is 0.0312. The summed E-state index contributed by atoms with van der Waals surface area (Å²) in [5, 5.41) is 11.3. The van der Waals surface area contributed by atoms with E-state index in [1.165, 1.54) is 4.90 Å². The smallest absolute Gasteiger partial charge is 0.300 e. The van der Waals surface area contributed by atoms with Crippen LogP contribution in [0, 0.1) is 5.92 Å². The highest BCUT2D eigenvalue weighted by atomic mass is 16.5. The number of aryl methyl sites for hydroxylation is 1. The fourth-order valence-corrected chi connectivity index (χ4v) is 4.25. The van der Waals surface area contributed by atoms with Gasteiger partial charge < -0.3 is 14.6 Å². The molecular formula is C30H31NO5. The summed E-state index contributed by atoms with van der Waals surface area (Å²) in [4.78, 5) is 28.1. The predicted molar refractivity (Wildman–Crippen MR) is 140 cm³/mol. The number of hydrogen-bond acceptors (Lipinski definition) is 5. The summed E-state index contributed by atoms with van der Waals surface area (Å²) >= 11 is 0. The molecule has 36 heavy (non-hydrogen) atoms. The Kier molecular flexibility index (Phi) is 7.44. The summed E-state index contributed by atoms with van der Waals surface area (Å²) in [5.41, 5.74) is 2.82. The zero-order valence-corrected chi connectivity index (χ0v) is 21.0. The Balaban J connectivity index is 1.82. The van der Waals surface area contributed by atoms with Gasteiger partial charge in [-0.1, -0.05) is 45.0 Å². The lowest BCUT2D eigenvalue weighted by Gasteiger charge is -2.26. The van der Waals surface area contributed by atoms with Crippen LogP contribution < -0.4 is 14.4 Å². The minimum Gasteiger partial charge on any atom is -0.507 e. The van der Waals surface area contributed by atoms with Crippen LogP contribution in [0.1, 0.15) is 43.5 Å². The number of aliphatic hydroxyl groups is 1. The first kappa shape index (κ1) is 25.0. The standard InChI is InChI=1S/C30H31NO5/c1-5-20-9-13-23(14-10-20)31-27(22-7-6-8-25(17-22)35-4)26(29(33)30(31)34)28(32)21-11-15-24(16-12-21)36-18-19(2)3/h6-17,19,27,32H,5,18H2,1-4H3/b28-26-. The van der Waals surface area contributed by atoms with Crippen molar-refractivity contribution in [2.45, 2.75) is 33.2 Å². The zero-order valence-electron chi connectivity index (χ0n) is 21.0. The highest BCUT2D eigenvalue weighted by Gasteiger charge is 2.47. The summed E-state index contributed by atoms with van der Waals surface area (Å²) in [6.45, 7) is 6.75. The number of ether oxygens (including phenoxy) is 2. The Morgan fingerprint density at radius 3 is 2.28 bits per heavy atom. The first-order valence-electron chi connectivity index (χ1n) is 12.1. The summed E-state index contributed by atoms with van der Waals surface area (Å²) in [5.74, 6) is -0.0229. The molecule has 0 spiro atoms. The quantitative estimate of drug-likeness (QED) is 0.244. The molecule has 1 aliphatic heterocycles. The lowest BCUT2D eigenvalue weighted by Crippen LogP contribution is -2.29. The van der Waals surface area contributed by atoms with Crippen LogP contribution in [-0.2, 0) is 16.0 Å². The zero-order chi connectivity index (χ0) is 25.8. The van der Waals surface area contributed by atoms with Gasteiger partial charge in [-0.3, -0.25) is 14.5 Å². The number of anilines is 1. The Bertz CT molecular complexity index is 1280. The van der Waals surface area contributed by atoms with Gasteiger partial charge in [0.15, 0.2) is 0 Å². The third kappa shape index (κ3) is 4.98. The van der Waals surface area contributed by atoms with Gasteiger partial charge in [0.1, 0.15) is 17.3 Å².